The molecule has 1 saturated heterocycles. The summed E-state index contributed by atoms with van der Waals surface area (Å²) in [5, 5.41) is 2.81. The van der Waals surface area contributed by atoms with Crippen LogP contribution in [0.15, 0.2) is 36.4 Å². The summed E-state index contributed by atoms with van der Waals surface area (Å²) >= 11 is 0. The fraction of sp³-hybridized carbons (Fsp3) is 0.435. The van der Waals surface area contributed by atoms with E-state index in [1.54, 1.807) is 6.92 Å². The van der Waals surface area contributed by atoms with Gasteiger partial charge in [-0.25, -0.2) is 8.78 Å². The molecule has 5 nitrogen and oxygen atoms in total. The summed E-state index contributed by atoms with van der Waals surface area (Å²) in [6.07, 6.45) is 0.978. The maximum Gasteiger partial charge on any atom is 0.234 e. The number of piperazine rings is 1. The fourth-order valence-corrected chi connectivity index (χ4v) is 4.12. The highest BCUT2D eigenvalue weighted by molar-refractivity contribution is 5.78. The Kier molecular flexibility index (Phi) is 6.29. The molecule has 7 heteroatoms. The first-order valence-corrected chi connectivity index (χ1v) is 10.4. The van der Waals surface area contributed by atoms with Crippen LogP contribution in [-0.4, -0.2) is 55.0 Å². The molecule has 160 valence electrons. The van der Waals surface area contributed by atoms with E-state index >= 15 is 0 Å². The van der Waals surface area contributed by atoms with E-state index in [0.29, 0.717) is 0 Å². The number of benzene rings is 2. The molecule has 0 aromatic heterocycles. The number of carbonyl (C=O) groups excluding carboxylic acids is 1. The summed E-state index contributed by atoms with van der Waals surface area (Å²) in [5.74, 6) is -0.418. The van der Waals surface area contributed by atoms with Crippen molar-refractivity contribution in [3.8, 4) is 5.75 Å². The molecular formula is C23H27F2N3O2. The molecule has 0 spiro atoms. The van der Waals surface area contributed by atoms with Crippen LogP contribution in [0.5, 0.6) is 5.75 Å². The third-order valence-electron chi connectivity index (χ3n) is 5.80. The molecule has 2 heterocycles. The van der Waals surface area contributed by atoms with Gasteiger partial charge in [0.15, 0.2) is 0 Å². The normalized spacial score (nSPS) is 18.0. The standard InChI is InChI=1S/C23H27F2N3O2/c1-16(20-4-3-19(24)13-21(20)25)26-23(29)15-28-9-7-27(8-10-28)14-17-2-5-22-18(12-17)6-11-30-22/h2-5,12-13,16H,6-11,14-15H2,1H3,(H,26,29)/t16-/m1/s1. The molecule has 30 heavy (non-hydrogen) atoms. The number of halogens is 2. The third-order valence-corrected chi connectivity index (χ3v) is 5.80. The van der Waals surface area contributed by atoms with Crippen LogP contribution < -0.4 is 10.1 Å². The van der Waals surface area contributed by atoms with Gasteiger partial charge in [0.05, 0.1) is 19.2 Å². The van der Waals surface area contributed by atoms with Crippen LogP contribution in [0.2, 0.25) is 0 Å². The lowest BCUT2D eigenvalue weighted by atomic mass is 10.1. The molecule has 1 fully saturated rings. The zero-order chi connectivity index (χ0) is 21.1. The second-order valence-corrected chi connectivity index (χ2v) is 8.05. The molecule has 2 aliphatic rings. The third kappa shape index (κ3) is 4.96. The van der Waals surface area contributed by atoms with Crippen molar-refractivity contribution in [2.24, 2.45) is 0 Å². The second kappa shape index (κ2) is 9.10. The zero-order valence-corrected chi connectivity index (χ0v) is 17.2. The Morgan fingerprint density at radius 1 is 1.10 bits per heavy atom. The van der Waals surface area contributed by atoms with Crippen LogP contribution in [0.1, 0.15) is 29.7 Å². The van der Waals surface area contributed by atoms with Gasteiger partial charge in [0, 0.05) is 50.8 Å². The van der Waals surface area contributed by atoms with Crippen molar-refractivity contribution in [2.75, 3.05) is 39.3 Å². The molecule has 0 bridgehead atoms. The number of ether oxygens (including phenoxy) is 1. The quantitative estimate of drug-likeness (QED) is 0.788. The van der Waals surface area contributed by atoms with Gasteiger partial charge in [-0.15, -0.1) is 0 Å². The van der Waals surface area contributed by atoms with Gasteiger partial charge in [-0.3, -0.25) is 14.6 Å². The first-order valence-electron chi connectivity index (χ1n) is 10.4. The van der Waals surface area contributed by atoms with Crippen LogP contribution in [0, 0.1) is 11.6 Å². The number of carbonyl (C=O) groups is 1. The Bertz CT molecular complexity index is 913. The maximum atomic E-state index is 13.9. The van der Waals surface area contributed by atoms with Crippen LogP contribution >= 0.6 is 0 Å². The molecule has 1 N–H and O–H groups in total. The highest BCUT2D eigenvalue weighted by atomic mass is 19.1. The van der Waals surface area contributed by atoms with Crippen molar-refractivity contribution in [3.63, 3.8) is 0 Å². The van der Waals surface area contributed by atoms with E-state index in [1.165, 1.54) is 23.3 Å². The van der Waals surface area contributed by atoms with Crippen molar-refractivity contribution in [3.05, 3.63) is 64.7 Å². The summed E-state index contributed by atoms with van der Waals surface area (Å²) in [6.45, 7) is 7.04. The molecule has 2 aliphatic heterocycles. The first-order chi connectivity index (χ1) is 14.5. The number of hydrogen-bond donors (Lipinski definition) is 1. The second-order valence-electron chi connectivity index (χ2n) is 8.05. The highest BCUT2D eigenvalue weighted by Crippen LogP contribution is 2.26. The van der Waals surface area contributed by atoms with E-state index in [4.69, 9.17) is 4.74 Å². The molecule has 4 rings (SSSR count). The number of amides is 1. The summed E-state index contributed by atoms with van der Waals surface area (Å²) in [6, 6.07) is 9.32. The minimum atomic E-state index is -0.644. The average molecular weight is 415 g/mol. The largest absolute Gasteiger partial charge is 0.493 e. The minimum Gasteiger partial charge on any atom is -0.493 e. The van der Waals surface area contributed by atoms with Gasteiger partial charge in [-0.2, -0.15) is 0 Å². The van der Waals surface area contributed by atoms with Gasteiger partial charge in [0.2, 0.25) is 5.91 Å². The molecule has 0 unspecified atom stereocenters. The van der Waals surface area contributed by atoms with Crippen molar-refractivity contribution in [2.45, 2.75) is 25.9 Å². The molecule has 2 aromatic carbocycles. The molecule has 1 atom stereocenters. The van der Waals surface area contributed by atoms with Crippen molar-refractivity contribution < 1.29 is 18.3 Å². The topological polar surface area (TPSA) is 44.8 Å². The Morgan fingerprint density at radius 3 is 2.63 bits per heavy atom. The lowest BCUT2D eigenvalue weighted by molar-refractivity contribution is -0.123. The Labute approximate surface area is 175 Å². The van der Waals surface area contributed by atoms with Crippen LogP contribution in [0.4, 0.5) is 8.78 Å². The van der Waals surface area contributed by atoms with E-state index in [0.717, 1.165) is 57.6 Å². The first kappa shape index (κ1) is 20.8. The lowest BCUT2D eigenvalue weighted by Crippen LogP contribution is -2.49. The van der Waals surface area contributed by atoms with Crippen LogP contribution in [0.25, 0.3) is 0 Å². The van der Waals surface area contributed by atoms with E-state index in [-0.39, 0.29) is 18.0 Å². The van der Waals surface area contributed by atoms with Crippen molar-refractivity contribution in [1.82, 2.24) is 15.1 Å². The SMILES string of the molecule is C[C@@H](NC(=O)CN1CCN(Cc2ccc3c(c2)CCO3)CC1)c1ccc(F)cc1F. The Balaban J connectivity index is 1.23. The lowest BCUT2D eigenvalue weighted by Gasteiger charge is -2.34. The van der Waals surface area contributed by atoms with Crippen molar-refractivity contribution >= 4 is 5.91 Å². The van der Waals surface area contributed by atoms with E-state index < -0.39 is 17.7 Å². The number of nitrogens with zero attached hydrogens (tertiary/aromatic N) is 2. The summed E-state index contributed by atoms with van der Waals surface area (Å²) in [5.41, 5.74) is 2.87. The smallest absolute Gasteiger partial charge is 0.234 e. The summed E-state index contributed by atoms with van der Waals surface area (Å²) < 4.78 is 32.5. The number of fused-ring (bicyclic) bond motifs is 1. The van der Waals surface area contributed by atoms with Crippen molar-refractivity contribution in [1.29, 1.82) is 0 Å². The molecule has 2 aromatic rings. The number of nitrogens with one attached hydrogen (secondary N) is 1. The highest BCUT2D eigenvalue weighted by Gasteiger charge is 2.21. The summed E-state index contributed by atoms with van der Waals surface area (Å²) in [7, 11) is 0. The molecular weight excluding hydrogens is 388 g/mol. The predicted octanol–water partition coefficient (Wildman–Crippen LogP) is 2.89. The van der Waals surface area contributed by atoms with E-state index in [9.17, 15) is 13.6 Å². The Morgan fingerprint density at radius 2 is 1.87 bits per heavy atom. The summed E-state index contributed by atoms with van der Waals surface area (Å²) in [4.78, 5) is 16.9. The average Bonchev–Trinajstić information content (AvgIpc) is 3.17. The van der Waals surface area contributed by atoms with Gasteiger partial charge >= 0.3 is 0 Å². The van der Waals surface area contributed by atoms with Gasteiger partial charge in [-0.1, -0.05) is 18.2 Å². The predicted molar refractivity (Wildman–Crippen MR) is 110 cm³/mol. The Hall–Kier alpha value is -2.51. The van der Waals surface area contributed by atoms with Gasteiger partial charge < -0.3 is 10.1 Å². The monoisotopic (exact) mass is 415 g/mol. The van der Waals surface area contributed by atoms with E-state index in [2.05, 4.69) is 33.3 Å². The molecule has 1 amide bonds. The molecule has 0 saturated carbocycles. The zero-order valence-electron chi connectivity index (χ0n) is 17.2. The molecule has 0 aliphatic carbocycles. The minimum absolute atomic E-state index is 0.154. The van der Waals surface area contributed by atoms with E-state index in [1.807, 2.05) is 0 Å². The van der Waals surface area contributed by atoms with Gasteiger partial charge in [0.1, 0.15) is 17.4 Å². The fourth-order valence-electron chi connectivity index (χ4n) is 4.12. The number of hydrogen-bond acceptors (Lipinski definition) is 4. The number of rotatable bonds is 6. The van der Waals surface area contributed by atoms with Crippen LogP contribution in [-0.2, 0) is 17.8 Å². The van der Waals surface area contributed by atoms with Gasteiger partial charge in [0.25, 0.3) is 0 Å². The van der Waals surface area contributed by atoms with Crippen LogP contribution in [0.3, 0.4) is 0 Å². The maximum absolute atomic E-state index is 13.9. The molecule has 0 radical (unpaired) electrons. The van der Waals surface area contributed by atoms with Gasteiger partial charge in [-0.05, 0) is 30.2 Å².